The van der Waals surface area contributed by atoms with Crippen molar-refractivity contribution >= 4 is 17.7 Å². The van der Waals surface area contributed by atoms with E-state index in [9.17, 15) is 9.59 Å². The number of anilines is 1. The van der Waals surface area contributed by atoms with Crippen molar-refractivity contribution in [1.82, 2.24) is 4.90 Å². The molecule has 1 saturated carbocycles. The molecule has 1 N–H and O–H groups in total. The molecular weight excluding hydrogens is 352 g/mol. The Labute approximate surface area is 168 Å². The van der Waals surface area contributed by atoms with Crippen LogP contribution in [0, 0.1) is 17.3 Å². The van der Waals surface area contributed by atoms with Gasteiger partial charge < -0.3 is 15.0 Å². The van der Waals surface area contributed by atoms with E-state index in [0.29, 0.717) is 17.1 Å². The number of rotatable bonds is 3. The van der Waals surface area contributed by atoms with Gasteiger partial charge in [-0.25, -0.2) is 4.79 Å². The van der Waals surface area contributed by atoms with Crippen LogP contribution in [0.3, 0.4) is 0 Å². The molecule has 1 aromatic carbocycles. The minimum absolute atomic E-state index is 0.0928. The lowest BCUT2D eigenvalue weighted by Crippen LogP contribution is -2.37. The summed E-state index contributed by atoms with van der Waals surface area (Å²) in [6.07, 6.45) is 7.12. The standard InChI is InChI=1S/C23H34N2O3/c1-23(2,3)18-9-7-17(8-10-18)21(26)24-19-11-13-20(14-12-19)28-22(27)25-15-5-4-6-16-25/h11-14,17-18H,4-10,15-16H2,1-3H3,(H,24,26). The Kier molecular flexibility index (Phi) is 6.63. The van der Waals surface area contributed by atoms with Crippen molar-refractivity contribution in [1.29, 1.82) is 0 Å². The molecule has 0 atom stereocenters. The Morgan fingerprint density at radius 1 is 0.964 bits per heavy atom. The van der Waals surface area contributed by atoms with Crippen LogP contribution >= 0.6 is 0 Å². The Morgan fingerprint density at radius 3 is 2.14 bits per heavy atom. The number of carbonyl (C=O) groups excluding carboxylic acids is 2. The van der Waals surface area contributed by atoms with Gasteiger partial charge in [0.15, 0.2) is 0 Å². The zero-order chi connectivity index (χ0) is 20.1. The Balaban J connectivity index is 1.47. The maximum Gasteiger partial charge on any atom is 0.415 e. The summed E-state index contributed by atoms with van der Waals surface area (Å²) in [5, 5.41) is 3.02. The molecule has 1 aromatic rings. The average Bonchev–Trinajstić information content (AvgIpc) is 2.69. The number of benzene rings is 1. The molecule has 1 saturated heterocycles. The van der Waals surface area contributed by atoms with Crippen LogP contribution in [0.5, 0.6) is 5.75 Å². The smallest absolute Gasteiger partial charge is 0.410 e. The molecule has 0 radical (unpaired) electrons. The third-order valence-corrected chi connectivity index (χ3v) is 6.26. The number of nitrogens with zero attached hydrogens (tertiary/aromatic N) is 1. The predicted octanol–water partition coefficient (Wildman–Crippen LogP) is 5.46. The van der Waals surface area contributed by atoms with Crippen molar-refractivity contribution in [3.05, 3.63) is 24.3 Å². The Bertz CT molecular complexity index is 664. The van der Waals surface area contributed by atoms with Gasteiger partial charge in [0.25, 0.3) is 0 Å². The normalized spacial score (nSPS) is 23.2. The average molecular weight is 387 g/mol. The summed E-state index contributed by atoms with van der Waals surface area (Å²) in [6, 6.07) is 7.09. The summed E-state index contributed by atoms with van der Waals surface area (Å²) in [5.74, 6) is 1.41. The van der Waals surface area contributed by atoms with Crippen molar-refractivity contribution in [3.63, 3.8) is 0 Å². The molecule has 1 heterocycles. The van der Waals surface area contributed by atoms with E-state index in [1.54, 1.807) is 29.2 Å². The van der Waals surface area contributed by atoms with Crippen LogP contribution in [0.25, 0.3) is 0 Å². The van der Waals surface area contributed by atoms with Crippen LogP contribution < -0.4 is 10.1 Å². The van der Waals surface area contributed by atoms with Crippen molar-refractivity contribution in [2.45, 2.75) is 65.7 Å². The minimum Gasteiger partial charge on any atom is -0.410 e. The van der Waals surface area contributed by atoms with Gasteiger partial charge in [0.2, 0.25) is 5.91 Å². The SMILES string of the molecule is CC(C)(C)C1CCC(C(=O)Nc2ccc(OC(=O)N3CCCCC3)cc2)CC1. The topological polar surface area (TPSA) is 58.6 Å². The molecule has 1 aliphatic heterocycles. The van der Waals surface area contributed by atoms with E-state index in [1.165, 1.54) is 6.42 Å². The number of likely N-dealkylation sites (tertiary alicyclic amines) is 1. The molecule has 0 bridgehead atoms. The molecule has 3 rings (SSSR count). The number of piperidine rings is 1. The summed E-state index contributed by atoms with van der Waals surface area (Å²) in [7, 11) is 0. The van der Waals surface area contributed by atoms with Gasteiger partial charge in [0, 0.05) is 24.7 Å². The number of amides is 2. The molecule has 1 aliphatic carbocycles. The van der Waals surface area contributed by atoms with Gasteiger partial charge in [0.1, 0.15) is 5.75 Å². The molecule has 5 nitrogen and oxygen atoms in total. The lowest BCUT2D eigenvalue weighted by atomic mass is 9.69. The Hall–Kier alpha value is -2.04. The summed E-state index contributed by atoms with van der Waals surface area (Å²) in [5.41, 5.74) is 1.07. The third-order valence-electron chi connectivity index (χ3n) is 6.26. The van der Waals surface area contributed by atoms with Gasteiger partial charge in [-0.15, -0.1) is 0 Å². The lowest BCUT2D eigenvalue weighted by molar-refractivity contribution is -0.121. The number of hydrogen-bond acceptors (Lipinski definition) is 3. The second kappa shape index (κ2) is 8.97. The van der Waals surface area contributed by atoms with Crippen LogP contribution in [0.15, 0.2) is 24.3 Å². The van der Waals surface area contributed by atoms with Gasteiger partial charge in [-0.05, 0) is 80.5 Å². The molecule has 2 amide bonds. The van der Waals surface area contributed by atoms with Crippen LogP contribution in [0.2, 0.25) is 0 Å². The maximum absolute atomic E-state index is 12.6. The Morgan fingerprint density at radius 2 is 1.57 bits per heavy atom. The fraction of sp³-hybridized carbons (Fsp3) is 0.652. The van der Waals surface area contributed by atoms with E-state index < -0.39 is 0 Å². The van der Waals surface area contributed by atoms with Crippen molar-refractivity contribution in [2.75, 3.05) is 18.4 Å². The van der Waals surface area contributed by atoms with E-state index in [1.807, 2.05) is 0 Å². The zero-order valence-corrected chi connectivity index (χ0v) is 17.5. The number of nitrogens with one attached hydrogen (secondary N) is 1. The first-order valence-electron chi connectivity index (χ1n) is 10.7. The maximum atomic E-state index is 12.6. The first kappa shape index (κ1) is 20.7. The summed E-state index contributed by atoms with van der Waals surface area (Å²) >= 11 is 0. The highest BCUT2D eigenvalue weighted by atomic mass is 16.6. The lowest BCUT2D eigenvalue weighted by Gasteiger charge is -2.36. The second-order valence-corrected chi connectivity index (χ2v) is 9.34. The molecule has 28 heavy (non-hydrogen) atoms. The van der Waals surface area contributed by atoms with Crippen LogP contribution in [-0.2, 0) is 4.79 Å². The van der Waals surface area contributed by atoms with Crippen molar-refractivity contribution < 1.29 is 14.3 Å². The van der Waals surface area contributed by atoms with Crippen LogP contribution in [0.4, 0.5) is 10.5 Å². The highest BCUT2D eigenvalue weighted by molar-refractivity contribution is 5.92. The van der Waals surface area contributed by atoms with E-state index in [4.69, 9.17) is 4.74 Å². The van der Waals surface area contributed by atoms with Crippen molar-refractivity contribution in [2.24, 2.45) is 17.3 Å². The third kappa shape index (κ3) is 5.49. The zero-order valence-electron chi connectivity index (χ0n) is 17.5. The number of hydrogen-bond donors (Lipinski definition) is 1. The molecule has 2 fully saturated rings. The van der Waals surface area contributed by atoms with E-state index in [-0.39, 0.29) is 17.9 Å². The fourth-order valence-electron chi connectivity index (χ4n) is 4.31. The number of ether oxygens (including phenoxy) is 1. The number of carbonyl (C=O) groups is 2. The predicted molar refractivity (Wildman–Crippen MR) is 111 cm³/mol. The van der Waals surface area contributed by atoms with Crippen LogP contribution in [0.1, 0.15) is 65.7 Å². The molecule has 0 aromatic heterocycles. The van der Waals surface area contributed by atoms with E-state index >= 15 is 0 Å². The van der Waals surface area contributed by atoms with E-state index in [0.717, 1.165) is 57.3 Å². The molecule has 5 heteroatoms. The summed E-state index contributed by atoms with van der Waals surface area (Å²) in [6.45, 7) is 8.40. The highest BCUT2D eigenvalue weighted by Gasteiger charge is 2.32. The monoisotopic (exact) mass is 386 g/mol. The summed E-state index contributed by atoms with van der Waals surface area (Å²) in [4.78, 5) is 26.5. The largest absolute Gasteiger partial charge is 0.415 e. The van der Waals surface area contributed by atoms with Gasteiger partial charge in [-0.3, -0.25) is 4.79 Å². The molecule has 154 valence electrons. The molecule has 0 unspecified atom stereocenters. The summed E-state index contributed by atoms with van der Waals surface area (Å²) < 4.78 is 5.45. The molecule has 0 spiro atoms. The van der Waals surface area contributed by atoms with Gasteiger partial charge >= 0.3 is 6.09 Å². The van der Waals surface area contributed by atoms with Gasteiger partial charge in [-0.1, -0.05) is 20.8 Å². The van der Waals surface area contributed by atoms with Crippen LogP contribution in [-0.4, -0.2) is 30.0 Å². The fourth-order valence-corrected chi connectivity index (χ4v) is 4.31. The van der Waals surface area contributed by atoms with Crippen molar-refractivity contribution in [3.8, 4) is 5.75 Å². The van der Waals surface area contributed by atoms with Gasteiger partial charge in [0.05, 0.1) is 0 Å². The van der Waals surface area contributed by atoms with Gasteiger partial charge in [-0.2, -0.15) is 0 Å². The minimum atomic E-state index is -0.285. The molecular formula is C23H34N2O3. The second-order valence-electron chi connectivity index (χ2n) is 9.34. The molecule has 2 aliphatic rings. The quantitative estimate of drug-likeness (QED) is 0.750. The highest BCUT2D eigenvalue weighted by Crippen LogP contribution is 2.40. The first-order chi connectivity index (χ1) is 13.3. The first-order valence-corrected chi connectivity index (χ1v) is 10.7. The van der Waals surface area contributed by atoms with E-state index in [2.05, 4.69) is 26.1 Å².